The summed E-state index contributed by atoms with van der Waals surface area (Å²) in [5.74, 6) is 2.50. The quantitative estimate of drug-likeness (QED) is 0.714. The molecule has 7 atom stereocenters. The molecule has 1 heterocycles. The maximum absolute atomic E-state index is 13.4. The zero-order valence-corrected chi connectivity index (χ0v) is 17.9. The van der Waals surface area contributed by atoms with Crippen LogP contribution in [0, 0.1) is 41.4 Å². The Morgan fingerprint density at radius 3 is 2.52 bits per heavy atom. The molecular weight excluding hydrogens is 358 g/mol. The van der Waals surface area contributed by atoms with Gasteiger partial charge in [0.15, 0.2) is 5.78 Å². The van der Waals surface area contributed by atoms with E-state index in [0.717, 1.165) is 24.8 Å². The Labute approximate surface area is 174 Å². The molecule has 4 aliphatic rings. The molecule has 0 aromatic heterocycles. The zero-order valence-electron chi connectivity index (χ0n) is 17.9. The van der Waals surface area contributed by atoms with Crippen molar-refractivity contribution in [3.05, 3.63) is 47.5 Å². The van der Waals surface area contributed by atoms with E-state index < -0.39 is 0 Å². The second-order valence-corrected chi connectivity index (χ2v) is 10.6. The SMILES string of the molecule is Cc1ccc(C(=O)C2CC[C@H]3[C@@H]4CCC5NC(=O)C=C[C@]5(C)[C@@H]4CC[C@]23C)cc1. The van der Waals surface area contributed by atoms with E-state index in [4.69, 9.17) is 0 Å². The summed E-state index contributed by atoms with van der Waals surface area (Å²) >= 11 is 0. The first-order chi connectivity index (χ1) is 13.8. The standard InChI is InChI=1S/C26H33NO2/c1-16-4-6-17(7-5-16)24(29)21-10-9-19-18-8-11-22-26(3,15-13-23(28)27-22)20(18)12-14-25(19,21)2/h4-7,13,15,18-22H,8-12,14H2,1-3H3,(H,27,28)/t18-,19-,20+,21?,22?,25-,26+/m0/s1. The molecule has 29 heavy (non-hydrogen) atoms. The summed E-state index contributed by atoms with van der Waals surface area (Å²) in [4.78, 5) is 25.3. The van der Waals surface area contributed by atoms with Crippen molar-refractivity contribution in [3.8, 4) is 0 Å². The lowest BCUT2D eigenvalue weighted by Gasteiger charge is -2.58. The lowest BCUT2D eigenvalue weighted by Crippen LogP contribution is -2.59. The van der Waals surface area contributed by atoms with Gasteiger partial charge in [-0.15, -0.1) is 0 Å². The summed E-state index contributed by atoms with van der Waals surface area (Å²) in [5, 5.41) is 3.23. The molecule has 3 aliphatic carbocycles. The predicted molar refractivity (Wildman–Crippen MR) is 114 cm³/mol. The maximum atomic E-state index is 13.4. The summed E-state index contributed by atoms with van der Waals surface area (Å²) < 4.78 is 0. The van der Waals surface area contributed by atoms with Crippen LogP contribution >= 0.6 is 0 Å². The van der Waals surface area contributed by atoms with E-state index in [1.165, 1.54) is 24.8 Å². The number of hydrogen-bond acceptors (Lipinski definition) is 2. The lowest BCUT2D eigenvalue weighted by atomic mass is 9.47. The number of fused-ring (bicyclic) bond motifs is 5. The third kappa shape index (κ3) is 2.76. The van der Waals surface area contributed by atoms with Crippen LogP contribution in [-0.4, -0.2) is 17.7 Å². The Hall–Kier alpha value is -1.90. The summed E-state index contributed by atoms with van der Waals surface area (Å²) in [6.45, 7) is 6.84. The van der Waals surface area contributed by atoms with Crippen LogP contribution in [0.25, 0.3) is 0 Å². The van der Waals surface area contributed by atoms with E-state index in [0.29, 0.717) is 23.5 Å². The van der Waals surface area contributed by atoms with Crippen LogP contribution in [-0.2, 0) is 4.79 Å². The second-order valence-electron chi connectivity index (χ2n) is 10.6. The number of aryl methyl sites for hydroxylation is 1. The molecule has 1 aromatic rings. The van der Waals surface area contributed by atoms with Gasteiger partial charge in [0.25, 0.3) is 0 Å². The molecule has 154 valence electrons. The average molecular weight is 392 g/mol. The van der Waals surface area contributed by atoms with Crippen molar-refractivity contribution >= 4 is 11.7 Å². The van der Waals surface area contributed by atoms with Gasteiger partial charge < -0.3 is 5.32 Å². The first-order valence-corrected chi connectivity index (χ1v) is 11.4. The van der Waals surface area contributed by atoms with Gasteiger partial charge in [-0.3, -0.25) is 9.59 Å². The van der Waals surface area contributed by atoms with Crippen molar-refractivity contribution in [1.82, 2.24) is 5.32 Å². The van der Waals surface area contributed by atoms with Crippen molar-refractivity contribution in [2.75, 3.05) is 0 Å². The number of carbonyl (C=O) groups is 2. The van der Waals surface area contributed by atoms with Crippen LogP contribution in [0.2, 0.25) is 0 Å². The molecule has 0 saturated heterocycles. The van der Waals surface area contributed by atoms with E-state index >= 15 is 0 Å². The highest BCUT2D eigenvalue weighted by Crippen LogP contribution is 2.65. The van der Waals surface area contributed by atoms with Gasteiger partial charge in [0.2, 0.25) is 5.91 Å². The van der Waals surface area contributed by atoms with Crippen LogP contribution in [0.4, 0.5) is 0 Å². The minimum Gasteiger partial charge on any atom is -0.349 e. The second kappa shape index (κ2) is 6.55. The molecule has 1 aromatic carbocycles. The van der Waals surface area contributed by atoms with Crippen molar-refractivity contribution in [1.29, 1.82) is 0 Å². The molecule has 3 nitrogen and oxygen atoms in total. The largest absolute Gasteiger partial charge is 0.349 e. The van der Waals surface area contributed by atoms with Gasteiger partial charge in [-0.25, -0.2) is 0 Å². The summed E-state index contributed by atoms with van der Waals surface area (Å²) in [6.07, 6.45) is 10.7. The van der Waals surface area contributed by atoms with E-state index in [9.17, 15) is 9.59 Å². The lowest BCUT2D eigenvalue weighted by molar-refractivity contribution is -0.122. The van der Waals surface area contributed by atoms with Gasteiger partial charge in [0.1, 0.15) is 0 Å². The van der Waals surface area contributed by atoms with Crippen LogP contribution in [0.5, 0.6) is 0 Å². The number of hydrogen-bond donors (Lipinski definition) is 1. The number of nitrogens with one attached hydrogen (secondary N) is 1. The van der Waals surface area contributed by atoms with Crippen LogP contribution in [0.3, 0.4) is 0 Å². The molecule has 2 unspecified atom stereocenters. The molecule has 1 N–H and O–H groups in total. The van der Waals surface area contributed by atoms with E-state index in [-0.39, 0.29) is 28.7 Å². The molecule has 1 amide bonds. The predicted octanol–water partition coefficient (Wildman–Crippen LogP) is 5.09. The number of carbonyl (C=O) groups excluding carboxylic acids is 2. The highest BCUT2D eigenvalue weighted by Gasteiger charge is 2.60. The maximum Gasteiger partial charge on any atom is 0.243 e. The molecule has 3 heteroatoms. The fourth-order valence-corrected chi connectivity index (χ4v) is 7.68. The molecule has 3 saturated carbocycles. The van der Waals surface area contributed by atoms with Crippen LogP contribution in [0.1, 0.15) is 68.3 Å². The Morgan fingerprint density at radius 1 is 1.00 bits per heavy atom. The Bertz CT molecular complexity index is 871. The number of Topliss-reactive ketones (excluding diaryl/α,β-unsaturated/α-hetero) is 1. The van der Waals surface area contributed by atoms with Gasteiger partial charge in [0.05, 0.1) is 0 Å². The highest BCUT2D eigenvalue weighted by atomic mass is 16.1. The summed E-state index contributed by atoms with van der Waals surface area (Å²) in [6, 6.07) is 8.43. The van der Waals surface area contributed by atoms with Crippen molar-refractivity contribution < 1.29 is 9.59 Å². The molecular formula is C26H33NO2. The van der Waals surface area contributed by atoms with Gasteiger partial charge in [0, 0.05) is 22.9 Å². The van der Waals surface area contributed by atoms with Crippen molar-refractivity contribution in [2.45, 2.75) is 65.3 Å². The van der Waals surface area contributed by atoms with Crippen LogP contribution < -0.4 is 5.32 Å². The van der Waals surface area contributed by atoms with Gasteiger partial charge >= 0.3 is 0 Å². The fraction of sp³-hybridized carbons (Fsp3) is 0.615. The number of ketones is 1. The van der Waals surface area contributed by atoms with Gasteiger partial charge in [-0.1, -0.05) is 49.8 Å². The molecule has 0 radical (unpaired) electrons. The minimum atomic E-state index is 0.0659. The Kier molecular flexibility index (Phi) is 4.31. The van der Waals surface area contributed by atoms with Gasteiger partial charge in [-0.05, 0) is 74.7 Å². The number of rotatable bonds is 2. The molecule has 5 rings (SSSR count). The van der Waals surface area contributed by atoms with E-state index in [2.05, 4.69) is 44.3 Å². The molecule has 3 fully saturated rings. The number of benzene rings is 1. The smallest absolute Gasteiger partial charge is 0.243 e. The summed E-state index contributed by atoms with van der Waals surface area (Å²) in [7, 11) is 0. The normalized spacial score (nSPS) is 43.1. The third-order valence-electron chi connectivity index (χ3n) is 9.34. The molecule has 0 spiro atoms. The van der Waals surface area contributed by atoms with Crippen molar-refractivity contribution in [3.63, 3.8) is 0 Å². The average Bonchev–Trinajstić information content (AvgIpc) is 3.06. The Balaban J connectivity index is 1.42. The number of amides is 1. The third-order valence-corrected chi connectivity index (χ3v) is 9.34. The van der Waals surface area contributed by atoms with E-state index in [1.54, 1.807) is 6.08 Å². The zero-order chi connectivity index (χ0) is 20.4. The van der Waals surface area contributed by atoms with Crippen molar-refractivity contribution in [2.24, 2.45) is 34.5 Å². The fourth-order valence-electron chi connectivity index (χ4n) is 7.68. The minimum absolute atomic E-state index is 0.0659. The first-order valence-electron chi connectivity index (χ1n) is 11.4. The van der Waals surface area contributed by atoms with Crippen LogP contribution in [0.15, 0.2) is 36.4 Å². The van der Waals surface area contributed by atoms with E-state index in [1.807, 2.05) is 12.1 Å². The Morgan fingerprint density at radius 2 is 1.76 bits per heavy atom. The topological polar surface area (TPSA) is 46.2 Å². The molecule has 0 bridgehead atoms. The summed E-state index contributed by atoms with van der Waals surface area (Å²) in [5.41, 5.74) is 2.28. The first kappa shape index (κ1) is 19.1. The highest BCUT2D eigenvalue weighted by molar-refractivity contribution is 5.98. The van der Waals surface area contributed by atoms with Gasteiger partial charge in [-0.2, -0.15) is 0 Å². The molecule has 1 aliphatic heterocycles. The monoisotopic (exact) mass is 391 g/mol.